The first kappa shape index (κ1) is 28.5. The normalized spacial score (nSPS) is 19.9. The van der Waals surface area contributed by atoms with E-state index in [1.165, 1.54) is 4.90 Å². The lowest BCUT2D eigenvalue weighted by Crippen LogP contribution is -2.37. The van der Waals surface area contributed by atoms with Crippen LogP contribution in [0.4, 0.5) is 11.4 Å². The minimum Gasteiger partial charge on any atom is -0.494 e. The summed E-state index contributed by atoms with van der Waals surface area (Å²) in [6.07, 6.45) is 3.01. The van der Waals surface area contributed by atoms with Gasteiger partial charge in [0, 0.05) is 0 Å². The Morgan fingerprint density at radius 2 is 1.44 bits per heavy atom. The van der Waals surface area contributed by atoms with Crippen LogP contribution < -0.4 is 24.2 Å². The fraction of sp³-hybridized carbons (Fsp3) is 0.394. The van der Waals surface area contributed by atoms with Crippen LogP contribution in [-0.2, 0) is 14.4 Å². The van der Waals surface area contributed by atoms with Gasteiger partial charge in [0.15, 0.2) is 17.6 Å². The van der Waals surface area contributed by atoms with Gasteiger partial charge in [0.1, 0.15) is 11.7 Å². The Balaban J connectivity index is 1.47. The number of carbonyl (C=O) groups is 2. The molecule has 0 aromatic heterocycles. The van der Waals surface area contributed by atoms with E-state index in [9.17, 15) is 9.59 Å². The molecule has 8 nitrogen and oxygen atoms in total. The smallest absolute Gasteiger partial charge is 0.266 e. The highest BCUT2D eigenvalue weighted by Gasteiger charge is 2.60. The molecule has 3 atom stereocenters. The molecule has 2 aliphatic rings. The van der Waals surface area contributed by atoms with Gasteiger partial charge in [-0.05, 0) is 73.9 Å². The number of hydrogen-bond acceptors (Lipinski definition) is 7. The van der Waals surface area contributed by atoms with Crippen LogP contribution in [0.3, 0.4) is 0 Å². The summed E-state index contributed by atoms with van der Waals surface area (Å²) in [5.41, 5.74) is 2.06. The number of nitrogens with zero attached hydrogens (tertiary/aromatic N) is 2. The van der Waals surface area contributed by atoms with Crippen molar-refractivity contribution >= 4 is 23.2 Å². The molecule has 2 fully saturated rings. The molecule has 5 rings (SSSR count). The highest BCUT2D eigenvalue weighted by atomic mass is 16.7. The highest BCUT2D eigenvalue weighted by molar-refractivity contribution is 6.23. The van der Waals surface area contributed by atoms with Crippen LogP contribution in [0.25, 0.3) is 0 Å². The molecule has 0 aliphatic carbocycles. The number of unbranched alkanes of at least 4 members (excludes halogenated alkanes) is 2. The molecule has 3 aromatic rings. The second-order valence-electron chi connectivity index (χ2n) is 10.2. The van der Waals surface area contributed by atoms with Crippen LogP contribution >= 0.6 is 0 Å². The number of amides is 2. The molecule has 2 heterocycles. The van der Waals surface area contributed by atoms with E-state index in [1.54, 1.807) is 29.3 Å². The zero-order chi connectivity index (χ0) is 28.8. The molecular weight excluding hydrogens is 520 g/mol. The number of hydrogen-bond donors (Lipinski definition) is 0. The first-order valence-corrected chi connectivity index (χ1v) is 14.6. The minimum absolute atomic E-state index is 0.302. The lowest BCUT2D eigenvalue weighted by atomic mass is 9.90. The number of benzene rings is 3. The SMILES string of the molecule is CCCCOc1ccc(N2C(=O)[C@H]3[C@H](ON(c4ccccc4)[C@H]3c3ccc(OCCCC)c(OCC)c3)C2=O)cc1. The van der Waals surface area contributed by atoms with E-state index in [0.29, 0.717) is 42.8 Å². The predicted octanol–water partition coefficient (Wildman–Crippen LogP) is 6.49. The largest absolute Gasteiger partial charge is 0.494 e. The molecular formula is C33H38N2O6. The van der Waals surface area contributed by atoms with Crippen LogP contribution in [0.2, 0.25) is 0 Å². The van der Waals surface area contributed by atoms with Crippen molar-refractivity contribution in [3.8, 4) is 17.2 Å². The third kappa shape index (κ3) is 5.88. The third-order valence-electron chi connectivity index (χ3n) is 7.35. The summed E-state index contributed by atoms with van der Waals surface area (Å²) in [5, 5.41) is 1.69. The second kappa shape index (κ2) is 13.1. The van der Waals surface area contributed by atoms with Gasteiger partial charge >= 0.3 is 0 Å². The van der Waals surface area contributed by atoms with E-state index in [4.69, 9.17) is 19.0 Å². The summed E-state index contributed by atoms with van der Waals surface area (Å²) in [5.74, 6) is 0.532. The van der Waals surface area contributed by atoms with Crippen molar-refractivity contribution in [3.05, 3.63) is 78.4 Å². The molecule has 8 heteroatoms. The van der Waals surface area contributed by atoms with Gasteiger partial charge in [0.05, 0.1) is 37.2 Å². The summed E-state index contributed by atoms with van der Waals surface area (Å²) < 4.78 is 17.7. The van der Waals surface area contributed by atoms with Crippen LogP contribution in [0, 0.1) is 5.92 Å². The van der Waals surface area contributed by atoms with Gasteiger partial charge in [0.25, 0.3) is 5.91 Å². The zero-order valence-corrected chi connectivity index (χ0v) is 24.0. The molecule has 2 amide bonds. The van der Waals surface area contributed by atoms with Gasteiger partial charge in [-0.3, -0.25) is 14.4 Å². The molecule has 2 aliphatic heterocycles. The summed E-state index contributed by atoms with van der Waals surface area (Å²) in [7, 11) is 0. The average molecular weight is 559 g/mol. The third-order valence-corrected chi connectivity index (χ3v) is 7.35. The van der Waals surface area contributed by atoms with Crippen molar-refractivity contribution in [1.82, 2.24) is 0 Å². The molecule has 0 unspecified atom stereocenters. The molecule has 0 bridgehead atoms. The summed E-state index contributed by atoms with van der Waals surface area (Å²) in [4.78, 5) is 35.3. The summed E-state index contributed by atoms with van der Waals surface area (Å²) in [6.45, 7) is 7.82. The maximum atomic E-state index is 14.0. The second-order valence-corrected chi connectivity index (χ2v) is 10.2. The van der Waals surface area contributed by atoms with E-state index in [1.807, 2.05) is 55.5 Å². The highest BCUT2D eigenvalue weighted by Crippen LogP contribution is 2.48. The number of rotatable bonds is 13. The topological polar surface area (TPSA) is 77.5 Å². The minimum atomic E-state index is -0.954. The Hall–Kier alpha value is -4.04. The van der Waals surface area contributed by atoms with Crippen LogP contribution in [0.15, 0.2) is 72.8 Å². The van der Waals surface area contributed by atoms with Gasteiger partial charge in [-0.25, -0.2) is 9.96 Å². The fourth-order valence-corrected chi connectivity index (χ4v) is 5.26. The van der Waals surface area contributed by atoms with E-state index in [-0.39, 0.29) is 11.8 Å². The van der Waals surface area contributed by atoms with Crippen molar-refractivity contribution in [2.24, 2.45) is 5.92 Å². The van der Waals surface area contributed by atoms with Crippen molar-refractivity contribution in [1.29, 1.82) is 0 Å². The van der Waals surface area contributed by atoms with Gasteiger partial charge < -0.3 is 14.2 Å². The Bertz CT molecular complexity index is 1330. The first-order chi connectivity index (χ1) is 20.1. The molecule has 41 heavy (non-hydrogen) atoms. The molecule has 0 radical (unpaired) electrons. The average Bonchev–Trinajstić information content (AvgIpc) is 3.50. The van der Waals surface area contributed by atoms with E-state index < -0.39 is 18.1 Å². The molecule has 0 saturated carbocycles. The standard InChI is InChI=1S/C33H38N2O6/c1-4-7-20-39-26-17-15-24(16-18-26)34-32(36)29-30(35(41-31(29)33(34)37)25-12-10-9-11-13-25)23-14-19-27(40-21-8-5-2)28(22-23)38-6-3/h9-19,22,29-31H,4-8,20-21H2,1-3H3/t29-,30+,31+/m1/s1. The lowest BCUT2D eigenvalue weighted by molar-refractivity contribution is -0.126. The summed E-state index contributed by atoms with van der Waals surface area (Å²) >= 11 is 0. The number of carbonyl (C=O) groups excluding carboxylic acids is 2. The van der Waals surface area contributed by atoms with E-state index in [0.717, 1.165) is 36.9 Å². The number of ether oxygens (including phenoxy) is 3. The van der Waals surface area contributed by atoms with Crippen molar-refractivity contribution in [3.63, 3.8) is 0 Å². The van der Waals surface area contributed by atoms with Gasteiger partial charge in [0.2, 0.25) is 5.91 Å². The number of hydroxylamine groups is 1. The van der Waals surface area contributed by atoms with E-state index in [2.05, 4.69) is 13.8 Å². The number of para-hydroxylation sites is 1. The Morgan fingerprint density at radius 3 is 2.12 bits per heavy atom. The monoisotopic (exact) mass is 558 g/mol. The maximum absolute atomic E-state index is 14.0. The molecule has 3 aromatic carbocycles. The van der Waals surface area contributed by atoms with Crippen molar-refractivity contribution in [2.45, 2.75) is 58.6 Å². The van der Waals surface area contributed by atoms with Crippen LogP contribution in [-0.4, -0.2) is 37.7 Å². The Morgan fingerprint density at radius 1 is 0.732 bits per heavy atom. The van der Waals surface area contributed by atoms with E-state index >= 15 is 0 Å². The Labute approximate surface area is 241 Å². The lowest BCUT2D eigenvalue weighted by Gasteiger charge is -2.29. The molecule has 216 valence electrons. The predicted molar refractivity (Wildman–Crippen MR) is 157 cm³/mol. The molecule has 0 spiro atoms. The number of fused-ring (bicyclic) bond motifs is 1. The maximum Gasteiger partial charge on any atom is 0.266 e. The van der Waals surface area contributed by atoms with Gasteiger partial charge in [-0.2, -0.15) is 0 Å². The van der Waals surface area contributed by atoms with Crippen LogP contribution in [0.1, 0.15) is 58.1 Å². The fourth-order valence-electron chi connectivity index (χ4n) is 5.26. The zero-order valence-electron chi connectivity index (χ0n) is 24.0. The number of anilines is 2. The molecule has 0 N–H and O–H groups in total. The van der Waals surface area contributed by atoms with Crippen molar-refractivity contribution < 1.29 is 28.6 Å². The van der Waals surface area contributed by atoms with Gasteiger partial charge in [-0.1, -0.05) is 51.0 Å². The first-order valence-electron chi connectivity index (χ1n) is 14.6. The van der Waals surface area contributed by atoms with Crippen molar-refractivity contribution in [2.75, 3.05) is 29.8 Å². The molecule has 2 saturated heterocycles. The summed E-state index contributed by atoms with van der Waals surface area (Å²) in [6, 6.07) is 21.8. The van der Waals surface area contributed by atoms with Crippen LogP contribution in [0.5, 0.6) is 17.2 Å². The van der Waals surface area contributed by atoms with Gasteiger partial charge in [-0.15, -0.1) is 0 Å². The Kier molecular flexibility index (Phi) is 9.09. The quantitative estimate of drug-likeness (QED) is 0.175. The number of imide groups is 1.